The predicted molar refractivity (Wildman–Crippen MR) is 115 cm³/mol. The molecule has 3 heteroatoms. The van der Waals surface area contributed by atoms with Crippen molar-refractivity contribution in [3.63, 3.8) is 0 Å². The number of carbonyl (C=O) groups is 1. The lowest BCUT2D eigenvalue weighted by atomic mass is 10.0. The molecular formula is C24H24BrNO. The smallest absolute Gasteiger partial charge is 0.185 e. The van der Waals surface area contributed by atoms with Gasteiger partial charge in [-0.25, -0.2) is 0 Å². The Morgan fingerprint density at radius 1 is 0.926 bits per heavy atom. The fraction of sp³-hybridized carbons (Fsp3) is 0.292. The minimum atomic E-state index is 0.0506. The zero-order chi connectivity index (χ0) is 18.6. The Labute approximate surface area is 169 Å². The van der Waals surface area contributed by atoms with Crippen molar-refractivity contribution in [2.45, 2.75) is 32.1 Å². The normalized spacial score (nSPS) is 17.3. The number of allylic oxidation sites excluding steroid dienone is 4. The summed E-state index contributed by atoms with van der Waals surface area (Å²) in [7, 11) is 0. The zero-order valence-corrected chi connectivity index (χ0v) is 17.0. The third-order valence-corrected chi connectivity index (χ3v) is 6.02. The van der Waals surface area contributed by atoms with Crippen LogP contribution in [0.2, 0.25) is 0 Å². The highest BCUT2D eigenvalue weighted by Gasteiger charge is 2.24. The number of ketones is 1. The van der Waals surface area contributed by atoms with Crippen molar-refractivity contribution in [3.8, 4) is 0 Å². The molecular weight excluding hydrogens is 398 g/mol. The second-order valence-electron chi connectivity index (χ2n) is 7.30. The molecule has 0 spiro atoms. The van der Waals surface area contributed by atoms with Gasteiger partial charge in [0.15, 0.2) is 5.78 Å². The Morgan fingerprint density at radius 2 is 1.63 bits per heavy atom. The molecule has 0 saturated carbocycles. The fourth-order valence-electron chi connectivity index (χ4n) is 4.05. The minimum absolute atomic E-state index is 0.0506. The van der Waals surface area contributed by atoms with Gasteiger partial charge < -0.3 is 4.90 Å². The molecule has 1 heterocycles. The van der Waals surface area contributed by atoms with E-state index in [1.807, 2.05) is 30.3 Å². The van der Waals surface area contributed by atoms with Gasteiger partial charge in [0.2, 0.25) is 0 Å². The van der Waals surface area contributed by atoms with Crippen molar-refractivity contribution in [2.75, 3.05) is 13.1 Å². The summed E-state index contributed by atoms with van der Waals surface area (Å²) in [6.45, 7) is 2.25. The molecule has 138 valence electrons. The summed E-state index contributed by atoms with van der Waals surface area (Å²) in [4.78, 5) is 15.2. The lowest BCUT2D eigenvalue weighted by Gasteiger charge is -2.25. The molecule has 0 bridgehead atoms. The number of rotatable bonds is 4. The Balaban J connectivity index is 1.65. The Bertz CT molecular complexity index is 887. The van der Waals surface area contributed by atoms with Gasteiger partial charge >= 0.3 is 0 Å². The molecule has 1 fully saturated rings. The van der Waals surface area contributed by atoms with E-state index in [4.69, 9.17) is 0 Å². The van der Waals surface area contributed by atoms with Gasteiger partial charge in [0.1, 0.15) is 0 Å². The molecule has 0 amide bonds. The quantitative estimate of drug-likeness (QED) is 0.443. The zero-order valence-electron chi connectivity index (χ0n) is 15.5. The largest absolute Gasteiger partial charge is 0.374 e. The summed E-state index contributed by atoms with van der Waals surface area (Å²) in [6.07, 6.45) is 9.91. The van der Waals surface area contributed by atoms with E-state index in [0.717, 1.165) is 29.5 Å². The van der Waals surface area contributed by atoms with E-state index >= 15 is 0 Å². The molecule has 0 atom stereocenters. The van der Waals surface area contributed by atoms with E-state index in [1.165, 1.54) is 48.1 Å². The van der Waals surface area contributed by atoms with Crippen molar-refractivity contribution in [3.05, 3.63) is 87.5 Å². The highest BCUT2D eigenvalue weighted by atomic mass is 79.9. The van der Waals surface area contributed by atoms with Crippen LogP contribution in [0.5, 0.6) is 0 Å². The number of hydrogen-bond donors (Lipinski definition) is 0. The van der Waals surface area contributed by atoms with E-state index in [0.29, 0.717) is 0 Å². The number of halogens is 1. The number of fused-ring (bicyclic) bond motifs is 1. The van der Waals surface area contributed by atoms with Crippen LogP contribution in [0.3, 0.4) is 0 Å². The van der Waals surface area contributed by atoms with Gasteiger partial charge in [0.25, 0.3) is 0 Å². The summed E-state index contributed by atoms with van der Waals surface area (Å²) in [5.74, 6) is 0.0506. The molecule has 1 aliphatic heterocycles. The van der Waals surface area contributed by atoms with Crippen LogP contribution in [-0.2, 0) is 6.42 Å². The van der Waals surface area contributed by atoms with Crippen molar-refractivity contribution in [2.24, 2.45) is 0 Å². The number of hydrogen-bond acceptors (Lipinski definition) is 2. The standard InChI is InChI=1S/C24H24BrNO/c25-20-11-9-18(10-12-20)24(27)14-13-22-21-8-4-3-7-19(21)17-23(22)26-15-5-1-2-6-16-26/h3-4,7-14H,1-2,5-6,15-17H2/b14-13-. The van der Waals surface area contributed by atoms with Crippen molar-refractivity contribution in [1.29, 1.82) is 0 Å². The highest BCUT2D eigenvalue weighted by Crippen LogP contribution is 2.36. The van der Waals surface area contributed by atoms with Gasteiger partial charge in [0, 0.05) is 40.8 Å². The van der Waals surface area contributed by atoms with Crippen LogP contribution < -0.4 is 0 Å². The van der Waals surface area contributed by atoms with Gasteiger partial charge in [-0.1, -0.05) is 53.0 Å². The molecule has 0 aromatic heterocycles. The second kappa shape index (κ2) is 8.26. The maximum atomic E-state index is 12.6. The summed E-state index contributed by atoms with van der Waals surface area (Å²) in [5.41, 5.74) is 5.97. The van der Waals surface area contributed by atoms with Gasteiger partial charge in [-0.05, 0) is 60.4 Å². The molecule has 1 aliphatic carbocycles. The minimum Gasteiger partial charge on any atom is -0.374 e. The van der Waals surface area contributed by atoms with E-state index in [2.05, 4.69) is 45.1 Å². The Hall–Kier alpha value is -2.13. The third-order valence-electron chi connectivity index (χ3n) is 5.49. The Morgan fingerprint density at radius 3 is 2.37 bits per heavy atom. The molecule has 27 heavy (non-hydrogen) atoms. The topological polar surface area (TPSA) is 20.3 Å². The van der Waals surface area contributed by atoms with Gasteiger partial charge in [0.05, 0.1) is 0 Å². The third kappa shape index (κ3) is 4.08. The molecule has 2 aromatic carbocycles. The summed E-state index contributed by atoms with van der Waals surface area (Å²) < 4.78 is 0.985. The first-order valence-electron chi connectivity index (χ1n) is 9.77. The van der Waals surface area contributed by atoms with E-state index < -0.39 is 0 Å². The fourth-order valence-corrected chi connectivity index (χ4v) is 4.31. The van der Waals surface area contributed by atoms with Gasteiger partial charge in [-0.15, -0.1) is 0 Å². The van der Waals surface area contributed by atoms with Crippen molar-refractivity contribution in [1.82, 2.24) is 4.90 Å². The van der Waals surface area contributed by atoms with E-state index in [1.54, 1.807) is 6.08 Å². The van der Waals surface area contributed by atoms with Crippen molar-refractivity contribution >= 4 is 27.3 Å². The molecule has 2 aromatic rings. The molecule has 2 nitrogen and oxygen atoms in total. The summed E-state index contributed by atoms with van der Waals surface area (Å²) in [6, 6.07) is 16.1. The monoisotopic (exact) mass is 421 g/mol. The van der Waals surface area contributed by atoms with Gasteiger partial charge in [-0.2, -0.15) is 0 Å². The maximum absolute atomic E-state index is 12.6. The van der Waals surface area contributed by atoms with E-state index in [-0.39, 0.29) is 5.78 Å². The molecule has 1 saturated heterocycles. The lowest BCUT2D eigenvalue weighted by molar-refractivity contribution is 0.104. The first-order valence-corrected chi connectivity index (χ1v) is 10.6. The average Bonchev–Trinajstić information content (AvgIpc) is 2.86. The molecule has 0 N–H and O–H groups in total. The first kappa shape index (κ1) is 18.2. The second-order valence-corrected chi connectivity index (χ2v) is 8.22. The summed E-state index contributed by atoms with van der Waals surface area (Å²) >= 11 is 3.42. The average molecular weight is 422 g/mol. The maximum Gasteiger partial charge on any atom is 0.185 e. The number of benzene rings is 2. The van der Waals surface area contributed by atoms with Gasteiger partial charge in [-0.3, -0.25) is 4.79 Å². The number of carbonyl (C=O) groups excluding carboxylic acids is 1. The summed E-state index contributed by atoms with van der Waals surface area (Å²) in [5, 5.41) is 0. The van der Waals surface area contributed by atoms with Crippen LogP contribution in [0.15, 0.2) is 70.9 Å². The van der Waals surface area contributed by atoms with Crippen LogP contribution in [0.4, 0.5) is 0 Å². The first-order chi connectivity index (χ1) is 13.2. The Kier molecular flexibility index (Phi) is 5.58. The number of nitrogens with zero attached hydrogens (tertiary/aromatic N) is 1. The van der Waals surface area contributed by atoms with E-state index in [9.17, 15) is 4.79 Å². The molecule has 0 radical (unpaired) electrons. The van der Waals surface area contributed by atoms with Crippen LogP contribution in [0.1, 0.15) is 47.2 Å². The van der Waals surface area contributed by atoms with Crippen LogP contribution >= 0.6 is 15.9 Å². The van der Waals surface area contributed by atoms with Crippen LogP contribution in [-0.4, -0.2) is 23.8 Å². The van der Waals surface area contributed by atoms with Crippen LogP contribution in [0, 0.1) is 0 Å². The van der Waals surface area contributed by atoms with Crippen molar-refractivity contribution < 1.29 is 4.79 Å². The predicted octanol–water partition coefficient (Wildman–Crippen LogP) is 6.03. The van der Waals surface area contributed by atoms with Crippen LogP contribution in [0.25, 0.3) is 5.57 Å². The molecule has 0 unspecified atom stereocenters. The number of likely N-dealkylation sites (tertiary alicyclic amines) is 1. The molecule has 2 aliphatic rings. The SMILES string of the molecule is O=C(/C=C\C1=C(N2CCCCCC2)Cc2ccccc21)c1ccc(Br)cc1. The highest BCUT2D eigenvalue weighted by molar-refractivity contribution is 9.10. The molecule has 4 rings (SSSR count). The lowest BCUT2D eigenvalue weighted by Crippen LogP contribution is -2.24.